The zero-order valence-electron chi connectivity index (χ0n) is 13.0. The third-order valence-electron chi connectivity index (χ3n) is 3.16. The number of esters is 1. The van der Waals surface area contributed by atoms with E-state index in [1.165, 1.54) is 12.1 Å². The molecule has 0 amide bonds. The summed E-state index contributed by atoms with van der Waals surface area (Å²) in [6.45, 7) is -1.55. The van der Waals surface area contributed by atoms with Crippen LogP contribution in [0.4, 0.5) is 13.2 Å². The van der Waals surface area contributed by atoms with E-state index in [0.29, 0.717) is 17.7 Å². The lowest BCUT2D eigenvalue weighted by Gasteiger charge is -2.08. The Morgan fingerprint density at radius 1 is 0.962 bits per heavy atom. The number of carbonyl (C=O) groups is 2. The van der Waals surface area contributed by atoms with Crippen molar-refractivity contribution < 1.29 is 35.9 Å². The van der Waals surface area contributed by atoms with E-state index in [9.17, 15) is 31.2 Å². The molecule has 0 heterocycles. The van der Waals surface area contributed by atoms with E-state index in [4.69, 9.17) is 0 Å². The highest BCUT2D eigenvalue weighted by atomic mass is 32.2. The molecule has 0 spiro atoms. The summed E-state index contributed by atoms with van der Waals surface area (Å²) < 4.78 is 69.5. The molecule has 2 rings (SSSR count). The van der Waals surface area contributed by atoms with E-state index in [2.05, 4.69) is 4.74 Å². The highest BCUT2D eigenvalue weighted by Crippen LogP contribution is 2.19. The van der Waals surface area contributed by atoms with Gasteiger partial charge in [0.25, 0.3) is 0 Å². The first-order chi connectivity index (χ1) is 12.2. The van der Waals surface area contributed by atoms with Crippen molar-refractivity contribution in [1.82, 2.24) is 4.72 Å². The van der Waals surface area contributed by atoms with Gasteiger partial charge in [-0.15, -0.1) is 0 Å². The van der Waals surface area contributed by atoms with Crippen LogP contribution < -0.4 is 4.72 Å². The summed E-state index contributed by atoms with van der Waals surface area (Å²) in [7, 11) is -4.63. The van der Waals surface area contributed by atoms with E-state index in [1.807, 2.05) is 0 Å². The molecule has 0 bridgehead atoms. The van der Waals surface area contributed by atoms with Crippen LogP contribution in [0, 0.1) is 17.5 Å². The number of hydrogen-bond donors (Lipinski definition) is 1. The smallest absolute Gasteiger partial charge is 0.321 e. The first-order valence-electron chi connectivity index (χ1n) is 7.09. The summed E-state index contributed by atoms with van der Waals surface area (Å²) in [6.07, 6.45) is 0. The second-order valence-corrected chi connectivity index (χ2v) is 6.68. The van der Waals surface area contributed by atoms with Gasteiger partial charge in [-0.1, -0.05) is 30.3 Å². The number of sulfonamides is 1. The van der Waals surface area contributed by atoms with Gasteiger partial charge in [-0.25, -0.2) is 21.6 Å². The standard InChI is InChI=1S/C16H12F3NO5S/c17-11-6-7-13(16(19)15(11)18)26(23,24)20-8-14(22)25-9-12(21)10-4-2-1-3-5-10/h1-7,20H,8-9H2. The zero-order valence-corrected chi connectivity index (χ0v) is 13.9. The molecule has 0 saturated carbocycles. The van der Waals surface area contributed by atoms with Crippen molar-refractivity contribution in [2.24, 2.45) is 0 Å². The van der Waals surface area contributed by atoms with Gasteiger partial charge >= 0.3 is 5.97 Å². The summed E-state index contributed by atoms with van der Waals surface area (Å²) in [5.41, 5.74) is 0.296. The molecule has 0 aliphatic carbocycles. The highest BCUT2D eigenvalue weighted by molar-refractivity contribution is 7.89. The summed E-state index contributed by atoms with van der Waals surface area (Å²) in [5, 5.41) is 0. The Balaban J connectivity index is 1.94. The van der Waals surface area contributed by atoms with Crippen LogP contribution in [0.25, 0.3) is 0 Å². The van der Waals surface area contributed by atoms with Gasteiger partial charge in [-0.3, -0.25) is 9.59 Å². The first-order valence-corrected chi connectivity index (χ1v) is 8.57. The van der Waals surface area contributed by atoms with Gasteiger partial charge < -0.3 is 4.74 Å². The van der Waals surface area contributed by atoms with Crippen molar-refractivity contribution in [2.45, 2.75) is 4.90 Å². The maximum Gasteiger partial charge on any atom is 0.321 e. The van der Waals surface area contributed by atoms with Crippen LogP contribution in [0.3, 0.4) is 0 Å². The Hall–Kier alpha value is -2.72. The monoisotopic (exact) mass is 387 g/mol. The molecule has 138 valence electrons. The lowest BCUT2D eigenvalue weighted by molar-refractivity contribution is -0.141. The molecule has 10 heteroatoms. The van der Waals surface area contributed by atoms with Gasteiger partial charge in [0.2, 0.25) is 10.0 Å². The Kier molecular flexibility index (Phi) is 6.11. The molecule has 6 nitrogen and oxygen atoms in total. The van der Waals surface area contributed by atoms with E-state index >= 15 is 0 Å². The van der Waals surface area contributed by atoms with Crippen molar-refractivity contribution in [3.05, 3.63) is 65.5 Å². The number of Topliss-reactive ketones (excluding diaryl/α,β-unsaturated/α-hetero) is 1. The van der Waals surface area contributed by atoms with Crippen molar-refractivity contribution in [1.29, 1.82) is 0 Å². The SMILES string of the molecule is O=C(CNS(=O)(=O)c1ccc(F)c(F)c1F)OCC(=O)c1ccccc1. The predicted molar refractivity (Wildman–Crippen MR) is 83.2 cm³/mol. The van der Waals surface area contributed by atoms with E-state index in [1.54, 1.807) is 22.9 Å². The predicted octanol–water partition coefficient (Wildman–Crippen LogP) is 1.81. The Morgan fingerprint density at radius 3 is 2.27 bits per heavy atom. The minimum Gasteiger partial charge on any atom is -0.456 e. The second-order valence-electron chi connectivity index (χ2n) is 4.95. The van der Waals surface area contributed by atoms with Crippen molar-refractivity contribution in [2.75, 3.05) is 13.2 Å². The zero-order chi connectivity index (χ0) is 19.3. The lowest BCUT2D eigenvalue weighted by Crippen LogP contribution is -2.32. The number of ketones is 1. The maximum atomic E-state index is 13.5. The van der Waals surface area contributed by atoms with Crippen LogP contribution in [-0.2, 0) is 19.6 Å². The summed E-state index contributed by atoms with van der Waals surface area (Å²) in [6, 6.07) is 8.87. The largest absolute Gasteiger partial charge is 0.456 e. The van der Waals surface area contributed by atoms with E-state index < -0.39 is 57.3 Å². The van der Waals surface area contributed by atoms with Crippen LogP contribution >= 0.6 is 0 Å². The molecule has 0 aromatic heterocycles. The van der Waals surface area contributed by atoms with Crippen molar-refractivity contribution >= 4 is 21.8 Å². The van der Waals surface area contributed by atoms with Crippen molar-refractivity contribution in [3.63, 3.8) is 0 Å². The average molecular weight is 387 g/mol. The summed E-state index contributed by atoms with van der Waals surface area (Å²) in [5.74, 6) is -7.04. The molecular weight excluding hydrogens is 375 g/mol. The molecule has 26 heavy (non-hydrogen) atoms. The van der Waals surface area contributed by atoms with E-state index in [-0.39, 0.29) is 0 Å². The number of ether oxygens (including phenoxy) is 1. The van der Waals surface area contributed by atoms with Crippen LogP contribution in [0.15, 0.2) is 47.4 Å². The van der Waals surface area contributed by atoms with Gasteiger partial charge in [0.15, 0.2) is 29.8 Å². The van der Waals surface area contributed by atoms with Gasteiger partial charge in [-0.2, -0.15) is 4.72 Å². The second kappa shape index (κ2) is 8.11. The number of benzene rings is 2. The summed E-state index contributed by atoms with van der Waals surface area (Å²) >= 11 is 0. The fraction of sp³-hybridized carbons (Fsp3) is 0.125. The third kappa shape index (κ3) is 4.67. The van der Waals surface area contributed by atoms with E-state index in [0.717, 1.165) is 0 Å². The Bertz CT molecular complexity index is 932. The quantitative estimate of drug-likeness (QED) is 0.445. The number of carbonyl (C=O) groups excluding carboxylic acids is 2. The fourth-order valence-corrected chi connectivity index (χ4v) is 2.89. The van der Waals surface area contributed by atoms with Crippen molar-refractivity contribution in [3.8, 4) is 0 Å². The molecule has 1 N–H and O–H groups in total. The Morgan fingerprint density at radius 2 is 1.62 bits per heavy atom. The van der Waals surface area contributed by atoms with Crippen LogP contribution in [0.1, 0.15) is 10.4 Å². The van der Waals surface area contributed by atoms with Gasteiger partial charge in [0, 0.05) is 5.56 Å². The number of halogens is 3. The molecule has 0 saturated heterocycles. The van der Waals surface area contributed by atoms with Crippen LogP contribution in [0.2, 0.25) is 0 Å². The first kappa shape index (κ1) is 19.6. The number of hydrogen-bond acceptors (Lipinski definition) is 5. The summed E-state index contributed by atoms with van der Waals surface area (Å²) in [4.78, 5) is 22.1. The van der Waals surface area contributed by atoms with Crippen LogP contribution in [0.5, 0.6) is 0 Å². The topological polar surface area (TPSA) is 89.5 Å². The highest BCUT2D eigenvalue weighted by Gasteiger charge is 2.24. The van der Waals surface area contributed by atoms with Gasteiger partial charge in [0.05, 0.1) is 0 Å². The Labute approximate surface area is 146 Å². The fourth-order valence-electron chi connectivity index (χ4n) is 1.85. The minimum absolute atomic E-state index is 0.296. The number of rotatable bonds is 7. The lowest BCUT2D eigenvalue weighted by atomic mass is 10.1. The van der Waals surface area contributed by atoms with Crippen LogP contribution in [-0.4, -0.2) is 33.3 Å². The van der Waals surface area contributed by atoms with Gasteiger partial charge in [-0.05, 0) is 12.1 Å². The molecule has 0 fully saturated rings. The molecule has 2 aromatic carbocycles. The van der Waals surface area contributed by atoms with Gasteiger partial charge in [0.1, 0.15) is 11.4 Å². The molecule has 0 radical (unpaired) electrons. The molecule has 0 aliphatic heterocycles. The maximum absolute atomic E-state index is 13.5. The number of nitrogens with one attached hydrogen (secondary N) is 1. The molecule has 2 aromatic rings. The normalized spacial score (nSPS) is 11.2. The molecule has 0 unspecified atom stereocenters. The molecular formula is C16H12F3NO5S. The third-order valence-corrected chi connectivity index (χ3v) is 4.57. The molecule has 0 atom stereocenters. The average Bonchev–Trinajstić information content (AvgIpc) is 2.63. The molecule has 0 aliphatic rings. The minimum atomic E-state index is -4.63.